The predicted molar refractivity (Wildman–Crippen MR) is 70.0 cm³/mol. The largest absolute Gasteiger partial charge is 0.465 e. The third kappa shape index (κ3) is 2.31. The molecule has 106 valence electrons. The van der Waals surface area contributed by atoms with E-state index in [-0.39, 0.29) is 5.97 Å². The molecule has 0 aromatic carbocycles. The maximum absolute atomic E-state index is 12.1. The fourth-order valence-electron chi connectivity index (χ4n) is 2.35. The summed E-state index contributed by atoms with van der Waals surface area (Å²) in [6, 6.07) is 0. The van der Waals surface area contributed by atoms with Crippen LogP contribution >= 0.6 is 0 Å². The minimum atomic E-state index is -0.700. The van der Waals surface area contributed by atoms with E-state index < -0.39 is 5.41 Å². The van der Waals surface area contributed by atoms with Gasteiger partial charge < -0.3 is 14.2 Å². The van der Waals surface area contributed by atoms with Gasteiger partial charge in [0, 0.05) is 13.1 Å². The molecule has 1 saturated carbocycles. The smallest absolute Gasteiger partial charge is 0.321 e. The highest BCUT2D eigenvalue weighted by molar-refractivity contribution is 5.83. The molecule has 0 amide bonds. The summed E-state index contributed by atoms with van der Waals surface area (Å²) in [6.45, 7) is 7.86. The van der Waals surface area contributed by atoms with Gasteiger partial charge in [-0.1, -0.05) is 6.42 Å². The number of carbonyl (C=O) groups excluding carboxylic acids is 1. The minimum absolute atomic E-state index is 0.240. The third-order valence-corrected chi connectivity index (χ3v) is 3.74. The van der Waals surface area contributed by atoms with Crippen molar-refractivity contribution in [2.75, 3.05) is 24.6 Å². The van der Waals surface area contributed by atoms with Gasteiger partial charge in [-0.05, 0) is 38.8 Å². The van der Waals surface area contributed by atoms with Gasteiger partial charge >= 0.3 is 5.97 Å². The molecule has 0 bridgehead atoms. The Morgan fingerprint density at radius 2 is 2.05 bits per heavy atom. The Morgan fingerprint density at radius 3 is 2.53 bits per heavy atom. The molecule has 1 aromatic heterocycles. The summed E-state index contributed by atoms with van der Waals surface area (Å²) in [6.07, 6.45) is 2.44. The van der Waals surface area contributed by atoms with E-state index in [9.17, 15) is 4.79 Å². The van der Waals surface area contributed by atoms with Crippen LogP contribution in [0.15, 0.2) is 4.52 Å². The lowest BCUT2D eigenvalue weighted by Crippen LogP contribution is -2.44. The summed E-state index contributed by atoms with van der Waals surface area (Å²) in [5.74, 6) is 0.714. The Balaban J connectivity index is 2.22. The van der Waals surface area contributed by atoms with Crippen molar-refractivity contribution in [1.29, 1.82) is 0 Å². The fraction of sp³-hybridized carbons (Fsp3) is 0.769. The molecule has 0 atom stereocenters. The van der Waals surface area contributed by atoms with Crippen LogP contribution < -0.4 is 4.90 Å². The predicted octanol–water partition coefficient (Wildman–Crippen LogP) is 1.90. The number of aromatic nitrogens is 2. The molecule has 0 N–H and O–H groups in total. The first-order valence-electron chi connectivity index (χ1n) is 6.94. The van der Waals surface area contributed by atoms with E-state index in [1.54, 1.807) is 6.92 Å². The first-order chi connectivity index (χ1) is 9.17. The standard InChI is InChI=1S/C13H21N3O3/c1-4-16(5-2)12-14-10(19-15-12)13(8-7-9-13)11(17)18-6-3/h4-9H2,1-3H3. The number of hydrogen-bond acceptors (Lipinski definition) is 6. The van der Waals surface area contributed by atoms with Crippen molar-refractivity contribution in [3.8, 4) is 0 Å². The van der Waals surface area contributed by atoms with Gasteiger partial charge in [-0.15, -0.1) is 0 Å². The molecule has 0 saturated heterocycles. The highest BCUT2D eigenvalue weighted by Gasteiger charge is 2.52. The quantitative estimate of drug-likeness (QED) is 0.733. The molecule has 0 aliphatic heterocycles. The van der Waals surface area contributed by atoms with Gasteiger partial charge in [-0.3, -0.25) is 4.79 Å². The van der Waals surface area contributed by atoms with Crippen LogP contribution in [0, 0.1) is 0 Å². The highest BCUT2D eigenvalue weighted by atomic mass is 16.5. The summed E-state index contributed by atoms with van der Waals surface area (Å²) in [5, 5.41) is 3.98. The molecule has 1 aliphatic rings. The van der Waals surface area contributed by atoms with Crippen molar-refractivity contribution in [2.45, 2.75) is 45.4 Å². The van der Waals surface area contributed by atoms with E-state index in [0.29, 0.717) is 18.4 Å². The molecule has 6 nitrogen and oxygen atoms in total. The molecule has 0 radical (unpaired) electrons. The second-order valence-electron chi connectivity index (χ2n) is 4.73. The minimum Gasteiger partial charge on any atom is -0.465 e. The second-order valence-corrected chi connectivity index (χ2v) is 4.73. The average molecular weight is 267 g/mol. The van der Waals surface area contributed by atoms with Crippen LogP contribution in [0.1, 0.15) is 45.9 Å². The normalized spacial score (nSPS) is 16.8. The molecule has 0 spiro atoms. The molecule has 1 aliphatic carbocycles. The summed E-state index contributed by atoms with van der Waals surface area (Å²) >= 11 is 0. The number of rotatable bonds is 6. The van der Waals surface area contributed by atoms with Crippen LogP contribution in [0.25, 0.3) is 0 Å². The van der Waals surface area contributed by atoms with Crippen molar-refractivity contribution < 1.29 is 14.1 Å². The fourth-order valence-corrected chi connectivity index (χ4v) is 2.35. The lowest BCUT2D eigenvalue weighted by atomic mass is 9.68. The van der Waals surface area contributed by atoms with Gasteiger partial charge in [0.05, 0.1) is 6.61 Å². The molecule has 19 heavy (non-hydrogen) atoms. The van der Waals surface area contributed by atoms with Crippen LogP contribution in [0.5, 0.6) is 0 Å². The Bertz CT molecular complexity index is 436. The van der Waals surface area contributed by atoms with Crippen LogP contribution in [0.2, 0.25) is 0 Å². The monoisotopic (exact) mass is 267 g/mol. The van der Waals surface area contributed by atoms with Gasteiger partial charge in [0.15, 0.2) is 0 Å². The number of hydrogen-bond donors (Lipinski definition) is 0. The number of carbonyl (C=O) groups is 1. The number of esters is 1. The lowest BCUT2D eigenvalue weighted by Gasteiger charge is -2.35. The summed E-state index contributed by atoms with van der Waals surface area (Å²) < 4.78 is 10.5. The van der Waals surface area contributed by atoms with Gasteiger partial charge in [0.1, 0.15) is 5.41 Å². The summed E-state index contributed by atoms with van der Waals surface area (Å²) in [7, 11) is 0. The van der Waals surface area contributed by atoms with Gasteiger partial charge in [0.2, 0.25) is 5.89 Å². The SMILES string of the molecule is CCOC(=O)C1(c2nc(N(CC)CC)no2)CCC1. The number of ether oxygens (including phenoxy) is 1. The van der Waals surface area contributed by atoms with Gasteiger partial charge in [0.25, 0.3) is 5.95 Å². The Hall–Kier alpha value is -1.59. The molecule has 1 heterocycles. The number of anilines is 1. The van der Waals surface area contributed by atoms with Crippen molar-refractivity contribution in [3.63, 3.8) is 0 Å². The molecule has 1 aromatic rings. The molecular formula is C13H21N3O3. The van der Waals surface area contributed by atoms with E-state index in [0.717, 1.165) is 32.4 Å². The zero-order chi connectivity index (χ0) is 13.9. The zero-order valence-electron chi connectivity index (χ0n) is 11.8. The van der Waals surface area contributed by atoms with Crippen molar-refractivity contribution in [2.24, 2.45) is 0 Å². The molecular weight excluding hydrogens is 246 g/mol. The zero-order valence-corrected chi connectivity index (χ0v) is 11.8. The molecule has 0 unspecified atom stereocenters. The van der Waals surface area contributed by atoms with Crippen molar-refractivity contribution >= 4 is 11.9 Å². The van der Waals surface area contributed by atoms with Crippen molar-refractivity contribution in [3.05, 3.63) is 5.89 Å². The first kappa shape index (κ1) is 13.8. The average Bonchev–Trinajstić information content (AvgIpc) is 2.79. The van der Waals surface area contributed by atoms with Crippen LogP contribution in [-0.2, 0) is 14.9 Å². The van der Waals surface area contributed by atoms with E-state index in [1.807, 2.05) is 18.7 Å². The van der Waals surface area contributed by atoms with Crippen LogP contribution in [0.3, 0.4) is 0 Å². The van der Waals surface area contributed by atoms with Crippen molar-refractivity contribution in [1.82, 2.24) is 10.1 Å². The molecule has 2 rings (SSSR count). The van der Waals surface area contributed by atoms with E-state index in [2.05, 4.69) is 10.1 Å². The lowest BCUT2D eigenvalue weighted by molar-refractivity contribution is -0.155. The number of nitrogens with zero attached hydrogens (tertiary/aromatic N) is 3. The second kappa shape index (κ2) is 5.59. The molecule has 1 fully saturated rings. The summed E-state index contributed by atoms with van der Waals surface area (Å²) in [5.41, 5.74) is -0.700. The summed E-state index contributed by atoms with van der Waals surface area (Å²) in [4.78, 5) is 18.5. The van der Waals surface area contributed by atoms with Crippen LogP contribution in [0.4, 0.5) is 5.95 Å². The maximum atomic E-state index is 12.1. The molecule has 6 heteroatoms. The van der Waals surface area contributed by atoms with E-state index in [4.69, 9.17) is 9.26 Å². The Kier molecular flexibility index (Phi) is 4.07. The van der Waals surface area contributed by atoms with Gasteiger partial charge in [-0.25, -0.2) is 0 Å². The van der Waals surface area contributed by atoms with Gasteiger partial charge in [-0.2, -0.15) is 4.98 Å². The van der Waals surface area contributed by atoms with E-state index in [1.165, 1.54) is 0 Å². The van der Waals surface area contributed by atoms with E-state index >= 15 is 0 Å². The highest BCUT2D eigenvalue weighted by Crippen LogP contribution is 2.44. The van der Waals surface area contributed by atoms with Crippen LogP contribution in [-0.4, -0.2) is 35.8 Å². The Labute approximate surface area is 113 Å². The third-order valence-electron chi connectivity index (χ3n) is 3.74. The maximum Gasteiger partial charge on any atom is 0.321 e. The topological polar surface area (TPSA) is 68.5 Å². The first-order valence-corrected chi connectivity index (χ1v) is 6.94. The Morgan fingerprint density at radius 1 is 1.37 bits per heavy atom.